The smallest absolute Gasteiger partial charge is 0.274 e. The Bertz CT molecular complexity index is 673. The van der Waals surface area contributed by atoms with Gasteiger partial charge in [0.2, 0.25) is 0 Å². The molecule has 0 atom stereocenters. The van der Waals surface area contributed by atoms with Gasteiger partial charge in [-0.1, -0.05) is 0 Å². The molecule has 1 aliphatic heterocycles. The van der Waals surface area contributed by atoms with E-state index in [1.807, 2.05) is 17.0 Å². The molecule has 2 N–H and O–H groups in total. The second-order valence-corrected chi connectivity index (χ2v) is 6.29. The first-order valence-electron chi connectivity index (χ1n) is 8.17. The van der Waals surface area contributed by atoms with Crippen LogP contribution in [0.15, 0.2) is 24.7 Å². The third-order valence-electron chi connectivity index (χ3n) is 4.55. The number of aromatic nitrogens is 4. The molecule has 2 fully saturated rings. The quantitative estimate of drug-likeness (QED) is 0.899. The van der Waals surface area contributed by atoms with Gasteiger partial charge in [-0.2, -0.15) is 5.10 Å². The summed E-state index contributed by atoms with van der Waals surface area (Å²) in [4.78, 5) is 22.5. The molecular weight excluding hydrogens is 292 g/mol. The first-order valence-corrected chi connectivity index (χ1v) is 8.17. The Balaban J connectivity index is 1.32. The van der Waals surface area contributed by atoms with Crippen LogP contribution in [0.2, 0.25) is 0 Å². The van der Waals surface area contributed by atoms with Gasteiger partial charge in [-0.05, 0) is 37.8 Å². The summed E-state index contributed by atoms with van der Waals surface area (Å²) < 4.78 is 0. The second-order valence-electron chi connectivity index (χ2n) is 6.29. The van der Waals surface area contributed by atoms with Gasteiger partial charge in [0.1, 0.15) is 17.8 Å². The summed E-state index contributed by atoms with van der Waals surface area (Å²) in [5.41, 5.74) is 1.66. The number of amides is 1. The molecule has 2 aromatic rings. The maximum absolute atomic E-state index is 12.5. The number of anilines is 1. The fourth-order valence-corrected chi connectivity index (χ4v) is 3.02. The molecule has 23 heavy (non-hydrogen) atoms. The lowest BCUT2D eigenvalue weighted by Gasteiger charge is -2.32. The monoisotopic (exact) mass is 312 g/mol. The highest BCUT2D eigenvalue weighted by molar-refractivity contribution is 5.92. The summed E-state index contributed by atoms with van der Waals surface area (Å²) in [6, 6.07) is 4.13. The molecule has 0 spiro atoms. The largest absolute Gasteiger partial charge is 0.367 e. The molecule has 1 aliphatic carbocycles. The summed E-state index contributed by atoms with van der Waals surface area (Å²) in [7, 11) is 0. The predicted molar refractivity (Wildman–Crippen MR) is 85.1 cm³/mol. The lowest BCUT2D eigenvalue weighted by molar-refractivity contribution is 0.0712. The number of nitrogens with zero attached hydrogens (tertiary/aromatic N) is 4. The van der Waals surface area contributed by atoms with Crippen molar-refractivity contribution < 1.29 is 4.79 Å². The van der Waals surface area contributed by atoms with Crippen molar-refractivity contribution in [2.45, 2.75) is 37.6 Å². The molecule has 3 heterocycles. The summed E-state index contributed by atoms with van der Waals surface area (Å²) >= 11 is 0. The number of carbonyl (C=O) groups is 1. The molecule has 1 saturated heterocycles. The van der Waals surface area contributed by atoms with Gasteiger partial charge in [-0.3, -0.25) is 9.89 Å². The minimum absolute atomic E-state index is 0.0358. The Hall–Kier alpha value is -2.44. The predicted octanol–water partition coefficient (Wildman–Crippen LogP) is 1.79. The summed E-state index contributed by atoms with van der Waals surface area (Å²) in [6.07, 6.45) is 7.50. The molecule has 2 aliphatic rings. The van der Waals surface area contributed by atoms with E-state index in [0.717, 1.165) is 37.4 Å². The van der Waals surface area contributed by atoms with Crippen molar-refractivity contribution in [1.29, 1.82) is 0 Å². The van der Waals surface area contributed by atoms with Gasteiger partial charge in [-0.15, -0.1) is 0 Å². The second kappa shape index (κ2) is 5.98. The van der Waals surface area contributed by atoms with Crippen LogP contribution in [0.25, 0.3) is 0 Å². The number of piperidine rings is 1. The molecule has 1 amide bonds. The average molecular weight is 312 g/mol. The van der Waals surface area contributed by atoms with Gasteiger partial charge in [0.05, 0.1) is 0 Å². The van der Waals surface area contributed by atoms with E-state index in [-0.39, 0.29) is 5.91 Å². The molecule has 120 valence electrons. The van der Waals surface area contributed by atoms with Crippen molar-refractivity contribution in [3.05, 3.63) is 36.0 Å². The highest BCUT2D eigenvalue weighted by atomic mass is 16.2. The highest BCUT2D eigenvalue weighted by Crippen LogP contribution is 2.39. The SMILES string of the molecule is O=C(c1cc(C2CC2)[nH]n1)N1CCC(Nc2ccncn2)CC1. The van der Waals surface area contributed by atoms with Crippen LogP contribution in [0, 0.1) is 0 Å². The molecule has 7 heteroatoms. The number of H-pyrrole nitrogens is 1. The molecule has 0 bridgehead atoms. The Morgan fingerprint density at radius 3 is 2.78 bits per heavy atom. The van der Waals surface area contributed by atoms with Crippen LogP contribution in [0.3, 0.4) is 0 Å². The van der Waals surface area contributed by atoms with Gasteiger partial charge >= 0.3 is 0 Å². The fourth-order valence-electron chi connectivity index (χ4n) is 3.02. The summed E-state index contributed by atoms with van der Waals surface area (Å²) in [6.45, 7) is 1.49. The Morgan fingerprint density at radius 1 is 1.26 bits per heavy atom. The number of carbonyl (C=O) groups excluding carboxylic acids is 1. The maximum Gasteiger partial charge on any atom is 0.274 e. The molecular formula is C16H20N6O. The van der Waals surface area contributed by atoms with Gasteiger partial charge in [0.25, 0.3) is 5.91 Å². The van der Waals surface area contributed by atoms with Crippen LogP contribution in [0.5, 0.6) is 0 Å². The zero-order valence-electron chi connectivity index (χ0n) is 12.9. The van der Waals surface area contributed by atoms with E-state index in [9.17, 15) is 4.79 Å². The molecule has 7 nitrogen and oxygen atoms in total. The van der Waals surface area contributed by atoms with Crippen LogP contribution in [-0.4, -0.2) is 50.1 Å². The van der Waals surface area contributed by atoms with E-state index in [2.05, 4.69) is 25.5 Å². The van der Waals surface area contributed by atoms with E-state index < -0.39 is 0 Å². The van der Waals surface area contributed by atoms with E-state index in [4.69, 9.17) is 0 Å². The van der Waals surface area contributed by atoms with Crippen LogP contribution >= 0.6 is 0 Å². The van der Waals surface area contributed by atoms with E-state index in [1.54, 1.807) is 6.20 Å². The van der Waals surface area contributed by atoms with Crippen LogP contribution in [0.4, 0.5) is 5.82 Å². The lowest BCUT2D eigenvalue weighted by Crippen LogP contribution is -2.42. The van der Waals surface area contributed by atoms with Crippen molar-refractivity contribution in [2.75, 3.05) is 18.4 Å². The van der Waals surface area contributed by atoms with E-state index in [1.165, 1.54) is 19.2 Å². The zero-order chi connectivity index (χ0) is 15.6. The maximum atomic E-state index is 12.5. The average Bonchev–Trinajstić information content (AvgIpc) is 3.33. The molecule has 1 saturated carbocycles. The zero-order valence-corrected chi connectivity index (χ0v) is 12.9. The molecule has 2 aromatic heterocycles. The highest BCUT2D eigenvalue weighted by Gasteiger charge is 2.29. The lowest BCUT2D eigenvalue weighted by atomic mass is 10.0. The third kappa shape index (κ3) is 3.18. The number of hydrogen-bond donors (Lipinski definition) is 2. The number of nitrogens with one attached hydrogen (secondary N) is 2. The Labute approximate surface area is 134 Å². The van der Waals surface area contributed by atoms with Gasteiger partial charge in [0.15, 0.2) is 0 Å². The number of rotatable bonds is 4. The van der Waals surface area contributed by atoms with Crippen LogP contribution in [-0.2, 0) is 0 Å². The minimum atomic E-state index is 0.0358. The van der Waals surface area contributed by atoms with Gasteiger partial charge in [0, 0.05) is 36.9 Å². The number of aromatic amines is 1. The number of likely N-dealkylation sites (tertiary alicyclic amines) is 1. The first-order chi connectivity index (χ1) is 11.3. The van der Waals surface area contributed by atoms with Crippen molar-refractivity contribution in [3.63, 3.8) is 0 Å². The first kappa shape index (κ1) is 14.2. The fraction of sp³-hybridized carbons (Fsp3) is 0.500. The van der Waals surface area contributed by atoms with Crippen molar-refractivity contribution in [1.82, 2.24) is 25.1 Å². The third-order valence-corrected chi connectivity index (χ3v) is 4.55. The molecule has 0 radical (unpaired) electrons. The minimum Gasteiger partial charge on any atom is -0.367 e. The van der Waals surface area contributed by atoms with Crippen molar-refractivity contribution in [3.8, 4) is 0 Å². The Morgan fingerprint density at radius 2 is 2.09 bits per heavy atom. The van der Waals surface area contributed by atoms with E-state index in [0.29, 0.717) is 17.7 Å². The topological polar surface area (TPSA) is 86.8 Å². The van der Waals surface area contributed by atoms with Crippen molar-refractivity contribution >= 4 is 11.7 Å². The van der Waals surface area contributed by atoms with Crippen molar-refractivity contribution in [2.24, 2.45) is 0 Å². The molecule has 0 aromatic carbocycles. The van der Waals surface area contributed by atoms with Crippen LogP contribution in [0.1, 0.15) is 47.8 Å². The van der Waals surface area contributed by atoms with E-state index >= 15 is 0 Å². The summed E-state index contributed by atoms with van der Waals surface area (Å²) in [5.74, 6) is 1.46. The number of hydrogen-bond acceptors (Lipinski definition) is 5. The van der Waals surface area contributed by atoms with Gasteiger partial charge in [-0.25, -0.2) is 9.97 Å². The van der Waals surface area contributed by atoms with Crippen LogP contribution < -0.4 is 5.32 Å². The molecule has 0 unspecified atom stereocenters. The standard InChI is InChI=1S/C16H20N6O/c23-16(14-9-13(20-21-14)11-1-2-11)22-7-4-12(5-8-22)19-15-3-6-17-10-18-15/h3,6,9-12H,1-2,4-5,7-8H2,(H,20,21)(H,17,18,19). The molecule has 4 rings (SSSR count). The van der Waals surface area contributed by atoms with Gasteiger partial charge < -0.3 is 10.2 Å². The summed E-state index contributed by atoms with van der Waals surface area (Å²) in [5, 5.41) is 10.6. The Kier molecular flexibility index (Phi) is 3.69. The normalized spacial score (nSPS) is 18.9.